The zero-order chi connectivity index (χ0) is 22.0. The predicted octanol–water partition coefficient (Wildman–Crippen LogP) is 4.04. The number of rotatable bonds is 8. The van der Waals surface area contributed by atoms with Crippen molar-refractivity contribution in [2.75, 3.05) is 6.61 Å². The highest BCUT2D eigenvalue weighted by atomic mass is 35.5. The minimum Gasteiger partial charge on any atom is -0.492 e. The molecule has 2 aromatic heterocycles. The van der Waals surface area contributed by atoms with Crippen molar-refractivity contribution in [3.63, 3.8) is 0 Å². The second kappa shape index (κ2) is 8.49. The van der Waals surface area contributed by atoms with Gasteiger partial charge in [0.1, 0.15) is 17.3 Å². The monoisotopic (exact) mass is 440 g/mol. The zero-order valence-corrected chi connectivity index (χ0v) is 16.9. The number of fused-ring (bicyclic) bond motifs is 1. The standard InChI is InChI=1S/C21H17ClN4O5/c22-14-5-7-15(8-6-14)30-12-11-24-16-3-1-2-4-17(16)25(21(24)23)13-18(27)19-9-10-20(31-19)26(28)29/h1-10,23H,11-13H2. The van der Waals surface area contributed by atoms with Crippen LogP contribution in [0.15, 0.2) is 65.1 Å². The maximum Gasteiger partial charge on any atom is 0.433 e. The molecule has 158 valence electrons. The van der Waals surface area contributed by atoms with Gasteiger partial charge in [0.2, 0.25) is 11.4 Å². The number of hydrogen-bond acceptors (Lipinski definition) is 6. The fourth-order valence-electron chi connectivity index (χ4n) is 3.26. The molecule has 2 heterocycles. The number of para-hydroxylation sites is 2. The summed E-state index contributed by atoms with van der Waals surface area (Å²) in [6, 6.07) is 16.7. The Bertz CT molecular complexity index is 1320. The molecule has 0 fully saturated rings. The molecule has 31 heavy (non-hydrogen) atoms. The van der Waals surface area contributed by atoms with Crippen molar-refractivity contribution in [3.05, 3.63) is 87.2 Å². The van der Waals surface area contributed by atoms with E-state index in [-0.39, 0.29) is 17.9 Å². The van der Waals surface area contributed by atoms with Crippen molar-refractivity contribution in [1.82, 2.24) is 9.13 Å². The molecule has 4 aromatic rings. The van der Waals surface area contributed by atoms with Crippen LogP contribution in [0, 0.1) is 15.5 Å². The van der Waals surface area contributed by atoms with Gasteiger partial charge in [-0.2, -0.15) is 0 Å². The summed E-state index contributed by atoms with van der Waals surface area (Å²) in [6.45, 7) is 0.509. The molecule has 0 radical (unpaired) electrons. The number of halogens is 1. The van der Waals surface area contributed by atoms with Crippen LogP contribution in [0.4, 0.5) is 5.88 Å². The summed E-state index contributed by atoms with van der Waals surface area (Å²) in [5.74, 6) is -0.426. The number of ether oxygens (including phenoxy) is 1. The van der Waals surface area contributed by atoms with Crippen LogP contribution in [-0.2, 0) is 13.1 Å². The molecule has 2 aromatic carbocycles. The number of furan rings is 1. The summed E-state index contributed by atoms with van der Waals surface area (Å²) in [4.78, 5) is 22.7. The lowest BCUT2D eigenvalue weighted by Crippen LogP contribution is -2.28. The van der Waals surface area contributed by atoms with Crippen LogP contribution in [-0.4, -0.2) is 26.4 Å². The summed E-state index contributed by atoms with van der Waals surface area (Å²) in [7, 11) is 0. The molecule has 1 N–H and O–H groups in total. The van der Waals surface area contributed by atoms with Crippen LogP contribution in [0.3, 0.4) is 0 Å². The van der Waals surface area contributed by atoms with Crippen LogP contribution in [0.25, 0.3) is 11.0 Å². The van der Waals surface area contributed by atoms with E-state index in [1.54, 1.807) is 28.8 Å². The van der Waals surface area contributed by atoms with Crippen LogP contribution >= 0.6 is 11.6 Å². The lowest BCUT2D eigenvalue weighted by Gasteiger charge is -2.08. The Hall–Kier alpha value is -3.85. The Morgan fingerprint density at radius 3 is 2.39 bits per heavy atom. The van der Waals surface area contributed by atoms with E-state index in [0.717, 1.165) is 11.6 Å². The van der Waals surface area contributed by atoms with E-state index >= 15 is 0 Å². The first-order chi connectivity index (χ1) is 14.9. The lowest BCUT2D eigenvalue weighted by molar-refractivity contribution is -0.402. The van der Waals surface area contributed by atoms with Crippen molar-refractivity contribution in [2.24, 2.45) is 0 Å². The molecule has 0 bridgehead atoms. The number of Topliss-reactive ketones (excluding diaryl/α,β-unsaturated/α-hetero) is 1. The molecule has 0 unspecified atom stereocenters. The molecule has 9 nitrogen and oxygen atoms in total. The average molecular weight is 441 g/mol. The minimum atomic E-state index is -0.702. The number of nitro groups is 1. The molecule has 0 saturated heterocycles. The van der Waals surface area contributed by atoms with Gasteiger partial charge in [0.15, 0.2) is 5.76 Å². The highest BCUT2D eigenvalue weighted by Gasteiger charge is 2.20. The predicted molar refractivity (Wildman–Crippen MR) is 112 cm³/mol. The van der Waals surface area contributed by atoms with Crippen LogP contribution in [0.5, 0.6) is 5.75 Å². The summed E-state index contributed by atoms with van der Waals surface area (Å²) in [6.07, 6.45) is 0. The van der Waals surface area contributed by atoms with Gasteiger partial charge < -0.3 is 18.3 Å². The third-order valence-corrected chi connectivity index (χ3v) is 4.97. The number of benzene rings is 2. The molecule has 0 aliphatic rings. The van der Waals surface area contributed by atoms with Crippen LogP contribution < -0.4 is 10.4 Å². The van der Waals surface area contributed by atoms with Gasteiger partial charge in [-0.25, -0.2) is 0 Å². The van der Waals surface area contributed by atoms with Gasteiger partial charge in [0.25, 0.3) is 0 Å². The van der Waals surface area contributed by atoms with Gasteiger partial charge in [-0.3, -0.25) is 20.3 Å². The first-order valence-corrected chi connectivity index (χ1v) is 9.70. The first-order valence-electron chi connectivity index (χ1n) is 9.32. The normalized spacial score (nSPS) is 11.0. The van der Waals surface area contributed by atoms with Crippen molar-refractivity contribution in [3.8, 4) is 5.75 Å². The third kappa shape index (κ3) is 4.22. The third-order valence-electron chi connectivity index (χ3n) is 4.72. The van der Waals surface area contributed by atoms with Gasteiger partial charge in [0, 0.05) is 5.02 Å². The lowest BCUT2D eigenvalue weighted by atomic mass is 10.3. The van der Waals surface area contributed by atoms with Gasteiger partial charge in [-0.05, 0) is 42.5 Å². The van der Waals surface area contributed by atoms with E-state index in [4.69, 9.17) is 26.2 Å². The smallest absolute Gasteiger partial charge is 0.433 e. The zero-order valence-electron chi connectivity index (χ0n) is 16.2. The molecule has 0 atom stereocenters. The molecule has 10 heteroatoms. The van der Waals surface area contributed by atoms with E-state index in [2.05, 4.69) is 0 Å². The van der Waals surface area contributed by atoms with Crippen molar-refractivity contribution >= 4 is 34.3 Å². The maximum absolute atomic E-state index is 12.6. The number of hydrogen-bond donors (Lipinski definition) is 1. The first kappa shape index (κ1) is 20.4. The Labute approximate surface area is 180 Å². The van der Waals surface area contributed by atoms with E-state index in [1.165, 1.54) is 10.6 Å². The number of carbonyl (C=O) groups excluding carboxylic acids is 1. The molecule has 0 aliphatic heterocycles. The number of nitrogens with zero attached hydrogens (tertiary/aromatic N) is 3. The van der Waals surface area contributed by atoms with Crippen LogP contribution in [0.2, 0.25) is 5.02 Å². The second-order valence-electron chi connectivity index (χ2n) is 6.67. The van der Waals surface area contributed by atoms with Gasteiger partial charge in [-0.15, -0.1) is 0 Å². The second-order valence-corrected chi connectivity index (χ2v) is 7.11. The molecule has 0 spiro atoms. The van der Waals surface area contributed by atoms with Gasteiger partial charge >= 0.3 is 5.88 Å². The molecular formula is C21H17ClN4O5. The largest absolute Gasteiger partial charge is 0.492 e. The number of imidazole rings is 1. The Balaban J connectivity index is 1.57. The van der Waals surface area contributed by atoms with Crippen molar-refractivity contribution < 1.29 is 18.9 Å². The maximum atomic E-state index is 12.6. The Morgan fingerprint density at radius 2 is 1.74 bits per heavy atom. The summed E-state index contributed by atoms with van der Waals surface area (Å²) in [5, 5.41) is 20.0. The van der Waals surface area contributed by atoms with Crippen LogP contribution in [0.1, 0.15) is 10.6 Å². The van der Waals surface area contributed by atoms with Crippen molar-refractivity contribution in [1.29, 1.82) is 5.41 Å². The molecule has 4 rings (SSSR count). The number of nitrogens with one attached hydrogen (secondary N) is 1. The molecular weight excluding hydrogens is 424 g/mol. The minimum absolute atomic E-state index is 0.107. The molecule has 0 amide bonds. The number of carbonyl (C=O) groups is 1. The fourth-order valence-corrected chi connectivity index (χ4v) is 3.39. The van der Waals surface area contributed by atoms with Gasteiger partial charge in [0.05, 0.1) is 30.2 Å². The summed E-state index contributed by atoms with van der Waals surface area (Å²) >= 11 is 5.88. The summed E-state index contributed by atoms with van der Waals surface area (Å²) in [5.41, 5.74) is 1.56. The summed E-state index contributed by atoms with van der Waals surface area (Å²) < 4.78 is 14.0. The van der Waals surface area contributed by atoms with E-state index < -0.39 is 16.6 Å². The average Bonchev–Trinajstić information content (AvgIpc) is 3.35. The van der Waals surface area contributed by atoms with Crippen molar-refractivity contribution in [2.45, 2.75) is 13.1 Å². The number of ketones is 1. The highest BCUT2D eigenvalue weighted by Crippen LogP contribution is 2.19. The fraction of sp³-hybridized carbons (Fsp3) is 0.143. The SMILES string of the molecule is N=c1n(CCOc2ccc(Cl)cc2)c2ccccc2n1CC(=O)c1ccc([N+](=O)[O-])o1. The molecule has 0 aliphatic carbocycles. The highest BCUT2D eigenvalue weighted by molar-refractivity contribution is 6.30. The Morgan fingerprint density at radius 1 is 1.06 bits per heavy atom. The molecule has 0 saturated carbocycles. The van der Waals surface area contributed by atoms with E-state index in [9.17, 15) is 14.9 Å². The van der Waals surface area contributed by atoms with E-state index in [1.807, 2.05) is 24.3 Å². The quantitative estimate of drug-likeness (QED) is 0.252. The topological polar surface area (TPSA) is 116 Å². The van der Waals surface area contributed by atoms with Gasteiger partial charge in [-0.1, -0.05) is 23.7 Å². The number of aromatic nitrogens is 2. The Kier molecular flexibility index (Phi) is 5.59. The van der Waals surface area contributed by atoms with E-state index in [0.29, 0.717) is 29.4 Å².